The van der Waals surface area contributed by atoms with Gasteiger partial charge in [-0.2, -0.15) is 0 Å². The summed E-state index contributed by atoms with van der Waals surface area (Å²) in [6.45, 7) is 2.06. The van der Waals surface area contributed by atoms with Gasteiger partial charge >= 0.3 is 12.0 Å². The summed E-state index contributed by atoms with van der Waals surface area (Å²) in [6.07, 6.45) is 3.89. The van der Waals surface area contributed by atoms with Crippen molar-refractivity contribution in [3.05, 3.63) is 16.1 Å². The van der Waals surface area contributed by atoms with Crippen molar-refractivity contribution in [2.75, 3.05) is 6.54 Å². The standard InChI is InChI=1S/C13H19N3O3S/c1-9-11(20-8-15-9)6-14-13(19)16(7-12(17)18)10-4-2-3-5-10/h8,10H,2-7H2,1H3,(H,14,19)(H,17,18). The second-order valence-corrected chi connectivity index (χ2v) is 5.92. The number of nitrogens with one attached hydrogen (secondary N) is 1. The molecule has 20 heavy (non-hydrogen) atoms. The number of amides is 2. The van der Waals surface area contributed by atoms with E-state index in [2.05, 4.69) is 10.3 Å². The molecule has 1 aliphatic carbocycles. The fourth-order valence-electron chi connectivity index (χ4n) is 2.48. The molecule has 0 aliphatic heterocycles. The Morgan fingerprint density at radius 3 is 2.75 bits per heavy atom. The molecular formula is C13H19N3O3S. The first-order chi connectivity index (χ1) is 9.58. The quantitative estimate of drug-likeness (QED) is 0.870. The van der Waals surface area contributed by atoms with Gasteiger partial charge in [0.1, 0.15) is 6.54 Å². The summed E-state index contributed by atoms with van der Waals surface area (Å²) in [5, 5.41) is 11.8. The molecule has 2 rings (SSSR count). The van der Waals surface area contributed by atoms with Gasteiger partial charge in [-0.3, -0.25) is 4.79 Å². The zero-order valence-corrected chi connectivity index (χ0v) is 12.3. The maximum absolute atomic E-state index is 12.2. The molecule has 0 aromatic carbocycles. The Bertz CT molecular complexity index is 483. The van der Waals surface area contributed by atoms with Gasteiger partial charge in [0.2, 0.25) is 0 Å². The monoisotopic (exact) mass is 297 g/mol. The Morgan fingerprint density at radius 1 is 1.50 bits per heavy atom. The van der Waals surface area contributed by atoms with E-state index in [4.69, 9.17) is 5.11 Å². The Balaban J connectivity index is 1.95. The van der Waals surface area contributed by atoms with E-state index in [1.54, 1.807) is 5.51 Å². The molecule has 0 spiro atoms. The number of urea groups is 1. The first kappa shape index (κ1) is 14.8. The minimum Gasteiger partial charge on any atom is -0.480 e. The zero-order valence-electron chi connectivity index (χ0n) is 11.5. The van der Waals surface area contributed by atoms with Crippen LogP contribution in [0.15, 0.2) is 5.51 Å². The summed E-state index contributed by atoms with van der Waals surface area (Å²) in [6, 6.07) is -0.249. The fourth-order valence-corrected chi connectivity index (χ4v) is 3.20. The molecule has 0 saturated heterocycles. The number of carbonyl (C=O) groups is 2. The van der Waals surface area contributed by atoms with Crippen molar-refractivity contribution in [1.29, 1.82) is 0 Å². The van der Waals surface area contributed by atoms with Gasteiger partial charge in [-0.25, -0.2) is 9.78 Å². The van der Waals surface area contributed by atoms with Gasteiger partial charge in [0, 0.05) is 10.9 Å². The Morgan fingerprint density at radius 2 is 2.20 bits per heavy atom. The number of thiazole rings is 1. The van der Waals surface area contributed by atoms with Gasteiger partial charge in [-0.05, 0) is 19.8 Å². The number of hydrogen-bond donors (Lipinski definition) is 2. The van der Waals surface area contributed by atoms with Gasteiger partial charge in [0.05, 0.1) is 17.7 Å². The fraction of sp³-hybridized carbons (Fsp3) is 0.615. The summed E-state index contributed by atoms with van der Waals surface area (Å²) >= 11 is 1.49. The van der Waals surface area contributed by atoms with Crippen molar-refractivity contribution in [1.82, 2.24) is 15.2 Å². The van der Waals surface area contributed by atoms with Gasteiger partial charge in [-0.1, -0.05) is 12.8 Å². The van der Waals surface area contributed by atoms with Crippen molar-refractivity contribution < 1.29 is 14.7 Å². The Labute approximate surface area is 121 Å². The normalized spacial score (nSPS) is 15.2. The van der Waals surface area contributed by atoms with Gasteiger partial charge in [-0.15, -0.1) is 11.3 Å². The molecule has 1 aromatic heterocycles. The molecule has 0 atom stereocenters. The number of aryl methyl sites for hydroxylation is 1. The third-order valence-corrected chi connectivity index (χ3v) is 4.51. The van der Waals surface area contributed by atoms with E-state index in [1.165, 1.54) is 16.2 Å². The van der Waals surface area contributed by atoms with Gasteiger partial charge in [0.15, 0.2) is 0 Å². The molecule has 1 aromatic rings. The van der Waals surface area contributed by atoms with E-state index in [0.717, 1.165) is 36.3 Å². The van der Waals surface area contributed by atoms with Crippen LogP contribution in [0.4, 0.5) is 4.79 Å². The van der Waals surface area contributed by atoms with Crippen LogP contribution in [0, 0.1) is 6.92 Å². The SMILES string of the molecule is Cc1ncsc1CNC(=O)N(CC(=O)O)C1CCCC1. The van der Waals surface area contributed by atoms with E-state index < -0.39 is 5.97 Å². The first-order valence-corrected chi connectivity index (χ1v) is 7.61. The molecule has 1 saturated carbocycles. The van der Waals surface area contributed by atoms with E-state index in [1.807, 2.05) is 6.92 Å². The first-order valence-electron chi connectivity index (χ1n) is 6.73. The lowest BCUT2D eigenvalue weighted by atomic mass is 10.2. The van der Waals surface area contributed by atoms with Gasteiger partial charge in [0.25, 0.3) is 0 Å². The highest BCUT2D eigenvalue weighted by molar-refractivity contribution is 7.09. The van der Waals surface area contributed by atoms with Crippen molar-refractivity contribution in [3.8, 4) is 0 Å². The largest absolute Gasteiger partial charge is 0.480 e. The highest BCUT2D eigenvalue weighted by Crippen LogP contribution is 2.23. The van der Waals surface area contributed by atoms with Crippen LogP contribution in [0.5, 0.6) is 0 Å². The van der Waals surface area contributed by atoms with Crippen molar-refractivity contribution in [2.24, 2.45) is 0 Å². The van der Waals surface area contributed by atoms with Crippen LogP contribution in [-0.2, 0) is 11.3 Å². The predicted octanol–water partition coefficient (Wildman–Crippen LogP) is 1.99. The van der Waals surface area contributed by atoms with E-state index in [-0.39, 0.29) is 18.6 Å². The number of aliphatic carboxylic acids is 1. The highest BCUT2D eigenvalue weighted by Gasteiger charge is 2.28. The number of hydrogen-bond acceptors (Lipinski definition) is 4. The molecule has 110 valence electrons. The van der Waals surface area contributed by atoms with Crippen molar-refractivity contribution in [2.45, 2.75) is 45.2 Å². The molecule has 2 N–H and O–H groups in total. The minimum absolute atomic E-state index is 0.0497. The second kappa shape index (κ2) is 6.69. The molecule has 2 amide bonds. The molecule has 1 aliphatic rings. The Kier molecular flexibility index (Phi) is 4.94. The molecule has 6 nitrogen and oxygen atoms in total. The third kappa shape index (κ3) is 3.69. The van der Waals surface area contributed by atoms with Crippen LogP contribution < -0.4 is 5.32 Å². The lowest BCUT2D eigenvalue weighted by molar-refractivity contribution is -0.138. The van der Waals surface area contributed by atoms with Crippen molar-refractivity contribution in [3.63, 3.8) is 0 Å². The molecule has 1 fully saturated rings. The number of carboxylic acid groups (broad SMARTS) is 1. The van der Waals surface area contributed by atoms with Crippen LogP contribution in [0.1, 0.15) is 36.3 Å². The van der Waals surface area contributed by atoms with Crippen molar-refractivity contribution >= 4 is 23.3 Å². The number of carbonyl (C=O) groups excluding carboxylic acids is 1. The predicted molar refractivity (Wildman–Crippen MR) is 75.7 cm³/mol. The number of aromatic nitrogens is 1. The van der Waals surface area contributed by atoms with Crippen LogP contribution >= 0.6 is 11.3 Å². The molecule has 1 heterocycles. The average molecular weight is 297 g/mol. The van der Waals surface area contributed by atoms with Crippen LogP contribution in [-0.4, -0.2) is 39.6 Å². The topological polar surface area (TPSA) is 82.5 Å². The highest BCUT2D eigenvalue weighted by atomic mass is 32.1. The molecule has 0 bridgehead atoms. The second-order valence-electron chi connectivity index (χ2n) is 4.98. The lowest BCUT2D eigenvalue weighted by Crippen LogP contribution is -2.47. The number of carboxylic acids is 1. The molecule has 7 heteroatoms. The zero-order chi connectivity index (χ0) is 14.5. The summed E-state index contributed by atoms with van der Waals surface area (Å²) in [4.78, 5) is 29.7. The minimum atomic E-state index is -0.971. The summed E-state index contributed by atoms with van der Waals surface area (Å²) in [5.74, 6) is -0.971. The number of rotatable bonds is 5. The van der Waals surface area contributed by atoms with E-state index >= 15 is 0 Å². The molecular weight excluding hydrogens is 278 g/mol. The van der Waals surface area contributed by atoms with E-state index in [9.17, 15) is 9.59 Å². The molecule has 0 radical (unpaired) electrons. The lowest BCUT2D eigenvalue weighted by Gasteiger charge is -2.27. The Hall–Kier alpha value is -1.63. The maximum atomic E-state index is 12.2. The smallest absolute Gasteiger partial charge is 0.323 e. The maximum Gasteiger partial charge on any atom is 0.323 e. The van der Waals surface area contributed by atoms with Crippen LogP contribution in [0.2, 0.25) is 0 Å². The third-order valence-electron chi connectivity index (χ3n) is 3.58. The van der Waals surface area contributed by atoms with E-state index in [0.29, 0.717) is 6.54 Å². The van der Waals surface area contributed by atoms with Crippen LogP contribution in [0.25, 0.3) is 0 Å². The van der Waals surface area contributed by atoms with Gasteiger partial charge < -0.3 is 15.3 Å². The molecule has 0 unspecified atom stereocenters. The number of nitrogens with zero attached hydrogens (tertiary/aromatic N) is 2. The summed E-state index contributed by atoms with van der Waals surface area (Å²) in [5.41, 5.74) is 2.64. The summed E-state index contributed by atoms with van der Waals surface area (Å²) in [7, 11) is 0. The average Bonchev–Trinajstić information content (AvgIpc) is 3.04. The van der Waals surface area contributed by atoms with Crippen LogP contribution in [0.3, 0.4) is 0 Å². The summed E-state index contributed by atoms with van der Waals surface area (Å²) < 4.78 is 0.